The van der Waals surface area contributed by atoms with Crippen LogP contribution in [0.4, 0.5) is 0 Å². The van der Waals surface area contributed by atoms with E-state index in [0.717, 1.165) is 16.7 Å². The Kier molecular flexibility index (Phi) is 8.54. The van der Waals surface area contributed by atoms with Crippen molar-refractivity contribution in [1.29, 1.82) is 0 Å². The van der Waals surface area contributed by atoms with E-state index in [-0.39, 0.29) is 23.5 Å². The molecule has 1 aliphatic carbocycles. The van der Waals surface area contributed by atoms with Gasteiger partial charge in [0.2, 0.25) is 0 Å². The molecular formula is C32H34O5. The molecular weight excluding hydrogens is 464 g/mol. The fourth-order valence-electron chi connectivity index (χ4n) is 5.55. The number of ketones is 2. The van der Waals surface area contributed by atoms with Crippen molar-refractivity contribution in [2.45, 2.75) is 56.8 Å². The molecule has 4 rings (SSSR count). The first-order chi connectivity index (χ1) is 18.0. The van der Waals surface area contributed by atoms with Crippen molar-refractivity contribution in [3.05, 3.63) is 101 Å². The average Bonchev–Trinajstić information content (AvgIpc) is 2.95. The summed E-state index contributed by atoms with van der Waals surface area (Å²) in [5.74, 6) is 0.213. The Morgan fingerprint density at radius 2 is 1.54 bits per heavy atom. The Hall–Kier alpha value is -3.73. The average molecular weight is 499 g/mol. The van der Waals surface area contributed by atoms with Crippen molar-refractivity contribution >= 4 is 17.5 Å². The summed E-state index contributed by atoms with van der Waals surface area (Å²) in [4.78, 5) is 39.5. The third-order valence-electron chi connectivity index (χ3n) is 7.37. The van der Waals surface area contributed by atoms with Gasteiger partial charge in [-0.2, -0.15) is 0 Å². The third kappa shape index (κ3) is 5.36. The SMILES string of the molecule is CCOC(=O)[C@@]1(c2ccccc2)CC[C@H](C(=O)CCCCC(=O)c2ccccc2OC)c2ccccc21. The van der Waals surface area contributed by atoms with Crippen LogP contribution >= 0.6 is 0 Å². The number of carbonyl (C=O) groups is 3. The van der Waals surface area contributed by atoms with Gasteiger partial charge >= 0.3 is 5.97 Å². The normalized spacial score (nSPS) is 18.5. The number of para-hydroxylation sites is 1. The number of Topliss-reactive ketones (excluding diaryl/α,β-unsaturated/α-hetero) is 2. The zero-order chi connectivity index (χ0) is 26.3. The zero-order valence-corrected chi connectivity index (χ0v) is 21.6. The van der Waals surface area contributed by atoms with E-state index in [4.69, 9.17) is 9.47 Å². The number of hydrogen-bond acceptors (Lipinski definition) is 5. The van der Waals surface area contributed by atoms with Crippen LogP contribution in [0.5, 0.6) is 5.75 Å². The van der Waals surface area contributed by atoms with Gasteiger partial charge in [-0.25, -0.2) is 0 Å². The Bertz CT molecular complexity index is 1250. The van der Waals surface area contributed by atoms with Gasteiger partial charge in [0.1, 0.15) is 16.9 Å². The maximum atomic E-state index is 13.4. The molecule has 0 aromatic heterocycles. The predicted molar refractivity (Wildman–Crippen MR) is 143 cm³/mol. The van der Waals surface area contributed by atoms with Crippen molar-refractivity contribution < 1.29 is 23.9 Å². The number of hydrogen-bond donors (Lipinski definition) is 0. The van der Waals surface area contributed by atoms with E-state index in [2.05, 4.69) is 0 Å². The van der Waals surface area contributed by atoms with Gasteiger partial charge < -0.3 is 9.47 Å². The number of esters is 1. The van der Waals surface area contributed by atoms with Crippen LogP contribution in [0.1, 0.15) is 78.4 Å². The molecule has 3 aromatic rings. The molecule has 0 bridgehead atoms. The van der Waals surface area contributed by atoms with Crippen LogP contribution in [-0.2, 0) is 19.7 Å². The highest BCUT2D eigenvalue weighted by atomic mass is 16.5. The van der Waals surface area contributed by atoms with Gasteiger partial charge in [0.15, 0.2) is 5.78 Å². The summed E-state index contributed by atoms with van der Waals surface area (Å²) in [6, 6.07) is 24.7. The molecule has 5 nitrogen and oxygen atoms in total. The van der Waals surface area contributed by atoms with E-state index >= 15 is 0 Å². The molecule has 2 atom stereocenters. The lowest BCUT2D eigenvalue weighted by Gasteiger charge is -2.40. The van der Waals surface area contributed by atoms with E-state index in [1.165, 1.54) is 0 Å². The molecule has 3 aromatic carbocycles. The Labute approximate surface area is 218 Å². The van der Waals surface area contributed by atoms with Crippen LogP contribution in [0.25, 0.3) is 0 Å². The monoisotopic (exact) mass is 498 g/mol. The van der Waals surface area contributed by atoms with Crippen LogP contribution in [0.15, 0.2) is 78.9 Å². The maximum Gasteiger partial charge on any atom is 0.321 e. The zero-order valence-electron chi connectivity index (χ0n) is 21.6. The highest BCUT2D eigenvalue weighted by Gasteiger charge is 2.49. The molecule has 37 heavy (non-hydrogen) atoms. The molecule has 0 N–H and O–H groups in total. The second-order valence-corrected chi connectivity index (χ2v) is 9.47. The molecule has 0 amide bonds. The summed E-state index contributed by atoms with van der Waals surface area (Å²) in [6.45, 7) is 2.11. The molecule has 0 saturated heterocycles. The highest BCUT2D eigenvalue weighted by molar-refractivity contribution is 5.98. The molecule has 1 aliphatic rings. The molecule has 192 valence electrons. The molecule has 0 radical (unpaired) electrons. The lowest BCUT2D eigenvalue weighted by atomic mass is 9.62. The van der Waals surface area contributed by atoms with Crippen LogP contribution < -0.4 is 4.74 Å². The van der Waals surface area contributed by atoms with Crippen LogP contribution in [0.2, 0.25) is 0 Å². The summed E-state index contributed by atoms with van der Waals surface area (Å²) in [5.41, 5.74) is 2.30. The van der Waals surface area contributed by atoms with Gasteiger partial charge in [-0.05, 0) is 61.4 Å². The fraction of sp³-hybridized carbons (Fsp3) is 0.344. The summed E-state index contributed by atoms with van der Waals surface area (Å²) < 4.78 is 10.9. The standard InChI is InChI=1S/C32H34O5/c1-3-37-31(35)32(23-13-5-4-6-14-23)22-21-25(24-15-7-9-17-27(24)32)28(33)18-10-11-19-29(34)26-16-8-12-20-30(26)36-2/h4-9,12-17,20,25H,3,10-11,18-19,21-22H2,1-2H3/t25-,32+/m0/s1. The lowest BCUT2D eigenvalue weighted by Crippen LogP contribution is -2.43. The van der Waals surface area contributed by atoms with Gasteiger partial charge in [0.05, 0.1) is 19.3 Å². The first-order valence-electron chi connectivity index (χ1n) is 13.0. The molecule has 0 unspecified atom stereocenters. The topological polar surface area (TPSA) is 69.7 Å². The second kappa shape index (κ2) is 12.0. The Balaban J connectivity index is 1.49. The lowest BCUT2D eigenvalue weighted by molar-refractivity contribution is -0.149. The Morgan fingerprint density at radius 1 is 0.865 bits per heavy atom. The number of unbranched alkanes of at least 4 members (excludes halogenated alkanes) is 1. The van der Waals surface area contributed by atoms with Crippen molar-refractivity contribution in [2.75, 3.05) is 13.7 Å². The minimum absolute atomic E-state index is 0.0231. The summed E-state index contributed by atoms with van der Waals surface area (Å²) in [6.07, 6.45) is 3.12. The van der Waals surface area contributed by atoms with E-state index < -0.39 is 5.41 Å². The number of carbonyl (C=O) groups excluding carboxylic acids is 3. The molecule has 0 spiro atoms. The van der Waals surface area contributed by atoms with Crippen molar-refractivity contribution in [1.82, 2.24) is 0 Å². The minimum atomic E-state index is -0.925. The molecule has 0 aliphatic heterocycles. The fourth-order valence-corrected chi connectivity index (χ4v) is 5.55. The van der Waals surface area contributed by atoms with Gasteiger partial charge in [-0.3, -0.25) is 14.4 Å². The number of benzene rings is 3. The molecule has 0 fully saturated rings. The number of rotatable bonds is 11. The molecule has 0 saturated carbocycles. The van der Waals surface area contributed by atoms with Crippen molar-refractivity contribution in [2.24, 2.45) is 0 Å². The van der Waals surface area contributed by atoms with E-state index in [1.807, 2.05) is 73.7 Å². The van der Waals surface area contributed by atoms with Crippen LogP contribution in [0, 0.1) is 0 Å². The van der Waals surface area contributed by atoms with Crippen molar-refractivity contribution in [3.8, 4) is 5.75 Å². The Morgan fingerprint density at radius 3 is 2.30 bits per heavy atom. The predicted octanol–water partition coefficient (Wildman–Crippen LogP) is 6.43. The van der Waals surface area contributed by atoms with E-state index in [1.54, 1.807) is 19.2 Å². The number of ether oxygens (including phenoxy) is 2. The quantitative estimate of drug-likeness (QED) is 0.173. The minimum Gasteiger partial charge on any atom is -0.496 e. The van der Waals surface area contributed by atoms with E-state index in [9.17, 15) is 14.4 Å². The summed E-state index contributed by atoms with van der Waals surface area (Å²) >= 11 is 0. The van der Waals surface area contributed by atoms with Gasteiger partial charge in [-0.15, -0.1) is 0 Å². The smallest absolute Gasteiger partial charge is 0.321 e. The second-order valence-electron chi connectivity index (χ2n) is 9.47. The van der Waals surface area contributed by atoms with Gasteiger partial charge in [-0.1, -0.05) is 66.7 Å². The number of fused-ring (bicyclic) bond motifs is 1. The third-order valence-corrected chi connectivity index (χ3v) is 7.37. The highest BCUT2D eigenvalue weighted by Crippen LogP contribution is 2.48. The summed E-state index contributed by atoms with van der Waals surface area (Å²) in [5, 5.41) is 0. The molecule has 5 heteroatoms. The van der Waals surface area contributed by atoms with Crippen LogP contribution in [0.3, 0.4) is 0 Å². The first kappa shape index (κ1) is 26.3. The van der Waals surface area contributed by atoms with Gasteiger partial charge in [0.25, 0.3) is 0 Å². The maximum absolute atomic E-state index is 13.4. The molecule has 0 heterocycles. The van der Waals surface area contributed by atoms with Gasteiger partial charge in [0, 0.05) is 18.8 Å². The largest absolute Gasteiger partial charge is 0.496 e. The van der Waals surface area contributed by atoms with Crippen molar-refractivity contribution in [3.63, 3.8) is 0 Å². The van der Waals surface area contributed by atoms with E-state index in [0.29, 0.717) is 56.4 Å². The summed E-state index contributed by atoms with van der Waals surface area (Å²) in [7, 11) is 1.56. The first-order valence-corrected chi connectivity index (χ1v) is 13.0. The number of methoxy groups -OCH3 is 1. The van der Waals surface area contributed by atoms with Crippen LogP contribution in [-0.4, -0.2) is 31.3 Å².